The molecule has 45 heavy (non-hydrogen) atoms. The average molecular weight is 577 g/mol. The van der Waals surface area contributed by atoms with E-state index in [2.05, 4.69) is 36.4 Å². The smallest absolute Gasteiger partial charge is 0.164 e. The number of furan rings is 1. The van der Waals surface area contributed by atoms with Crippen LogP contribution in [0.2, 0.25) is 0 Å². The first kappa shape index (κ1) is 26.3. The number of nitrogens with zero attached hydrogens (tertiary/aromatic N) is 4. The molecule has 6 aromatic carbocycles. The third kappa shape index (κ3) is 4.71. The summed E-state index contributed by atoms with van der Waals surface area (Å²) in [7, 11) is 0. The van der Waals surface area contributed by atoms with Gasteiger partial charge in [0.1, 0.15) is 11.2 Å². The number of para-hydroxylation sites is 1. The standard InChI is InChI=1S/C40H24N4O/c41-25-30-15-7-8-16-31(30)33-23-24-34-32-17-9-10-18-35(32)45-37(34)36(33)26-19-21-29(22-20-26)40-43-38(27-11-3-1-4-12-27)42-39(44-40)28-13-5-2-6-14-28/h1-24H. The molecular formula is C40H24N4O. The van der Waals surface area contributed by atoms with Crippen molar-refractivity contribution in [1.82, 2.24) is 15.0 Å². The Labute approximate surface area is 259 Å². The fourth-order valence-electron chi connectivity index (χ4n) is 5.84. The SMILES string of the molecule is N#Cc1ccccc1-c1ccc2c(oc3ccccc32)c1-c1ccc(-c2nc(-c3ccccc3)nc(-c3ccccc3)n2)cc1. The molecule has 0 saturated carbocycles. The third-order valence-electron chi connectivity index (χ3n) is 8.02. The van der Waals surface area contributed by atoms with Crippen LogP contribution in [0, 0.1) is 11.3 Å². The lowest BCUT2D eigenvalue weighted by Gasteiger charge is -2.13. The van der Waals surface area contributed by atoms with Gasteiger partial charge in [0.2, 0.25) is 0 Å². The highest BCUT2D eigenvalue weighted by atomic mass is 16.3. The van der Waals surface area contributed by atoms with Gasteiger partial charge in [0.15, 0.2) is 17.5 Å². The van der Waals surface area contributed by atoms with Crippen molar-refractivity contribution >= 4 is 21.9 Å². The summed E-state index contributed by atoms with van der Waals surface area (Å²) >= 11 is 0. The van der Waals surface area contributed by atoms with Crippen molar-refractivity contribution in [2.24, 2.45) is 0 Å². The van der Waals surface area contributed by atoms with Gasteiger partial charge in [-0.3, -0.25) is 0 Å². The Hall–Kier alpha value is -6.38. The van der Waals surface area contributed by atoms with Crippen LogP contribution in [0.1, 0.15) is 5.56 Å². The molecule has 0 fully saturated rings. The predicted molar refractivity (Wildman–Crippen MR) is 179 cm³/mol. The first-order valence-electron chi connectivity index (χ1n) is 14.7. The maximum Gasteiger partial charge on any atom is 0.164 e. The van der Waals surface area contributed by atoms with Gasteiger partial charge >= 0.3 is 0 Å². The van der Waals surface area contributed by atoms with Gasteiger partial charge < -0.3 is 4.42 Å². The average Bonchev–Trinajstić information content (AvgIpc) is 3.50. The molecule has 8 aromatic rings. The number of benzene rings is 6. The molecule has 0 unspecified atom stereocenters. The van der Waals surface area contributed by atoms with Crippen molar-refractivity contribution in [2.45, 2.75) is 0 Å². The number of fused-ring (bicyclic) bond motifs is 3. The second kappa shape index (κ2) is 11.0. The lowest BCUT2D eigenvalue weighted by molar-refractivity contribution is 0.670. The van der Waals surface area contributed by atoms with Crippen LogP contribution in [0.5, 0.6) is 0 Å². The quantitative estimate of drug-likeness (QED) is 0.204. The largest absolute Gasteiger partial charge is 0.455 e. The first-order chi connectivity index (χ1) is 22.3. The summed E-state index contributed by atoms with van der Waals surface area (Å²) in [6.45, 7) is 0. The molecule has 2 heterocycles. The Bertz CT molecular complexity index is 2310. The molecule has 2 aromatic heterocycles. The van der Waals surface area contributed by atoms with Crippen LogP contribution in [0.25, 0.3) is 78.4 Å². The van der Waals surface area contributed by atoms with Crippen LogP contribution in [0.3, 0.4) is 0 Å². The molecule has 8 rings (SSSR count). The van der Waals surface area contributed by atoms with E-state index < -0.39 is 0 Å². The summed E-state index contributed by atoms with van der Waals surface area (Å²) < 4.78 is 6.50. The van der Waals surface area contributed by atoms with Crippen molar-refractivity contribution < 1.29 is 4.42 Å². The molecule has 0 aliphatic heterocycles. The minimum atomic E-state index is 0.589. The minimum absolute atomic E-state index is 0.589. The van der Waals surface area contributed by atoms with E-state index in [0.29, 0.717) is 23.0 Å². The molecule has 0 N–H and O–H groups in total. The van der Waals surface area contributed by atoms with E-state index in [1.54, 1.807) is 0 Å². The van der Waals surface area contributed by atoms with E-state index in [9.17, 15) is 5.26 Å². The molecule has 0 radical (unpaired) electrons. The van der Waals surface area contributed by atoms with Gasteiger partial charge in [-0.05, 0) is 29.3 Å². The van der Waals surface area contributed by atoms with Gasteiger partial charge in [0.05, 0.1) is 11.6 Å². The molecule has 0 spiro atoms. The zero-order chi connectivity index (χ0) is 30.2. The molecule has 5 heteroatoms. The van der Waals surface area contributed by atoms with Crippen molar-refractivity contribution in [1.29, 1.82) is 5.26 Å². The van der Waals surface area contributed by atoms with Crippen LogP contribution < -0.4 is 0 Å². The molecule has 5 nitrogen and oxygen atoms in total. The third-order valence-corrected chi connectivity index (χ3v) is 8.02. The maximum absolute atomic E-state index is 9.95. The summed E-state index contributed by atoms with van der Waals surface area (Å²) in [5.41, 5.74) is 8.62. The zero-order valence-electron chi connectivity index (χ0n) is 24.1. The highest BCUT2D eigenvalue weighted by Crippen LogP contribution is 2.43. The van der Waals surface area contributed by atoms with Gasteiger partial charge in [-0.25, -0.2) is 15.0 Å². The van der Waals surface area contributed by atoms with E-state index >= 15 is 0 Å². The Morgan fingerprint density at radius 2 is 0.978 bits per heavy atom. The van der Waals surface area contributed by atoms with E-state index in [-0.39, 0.29) is 0 Å². The highest BCUT2D eigenvalue weighted by Gasteiger charge is 2.20. The summed E-state index contributed by atoms with van der Waals surface area (Å²) in [5.74, 6) is 1.82. The van der Waals surface area contributed by atoms with Gasteiger partial charge in [-0.15, -0.1) is 0 Å². The van der Waals surface area contributed by atoms with Crippen molar-refractivity contribution in [3.8, 4) is 62.5 Å². The Kier molecular flexibility index (Phi) is 6.44. The van der Waals surface area contributed by atoms with E-state index in [0.717, 1.165) is 60.9 Å². The van der Waals surface area contributed by atoms with Crippen molar-refractivity contribution in [3.63, 3.8) is 0 Å². The van der Waals surface area contributed by atoms with E-state index in [4.69, 9.17) is 19.4 Å². The van der Waals surface area contributed by atoms with Crippen molar-refractivity contribution in [3.05, 3.63) is 151 Å². The second-order valence-electron chi connectivity index (χ2n) is 10.7. The Morgan fingerprint density at radius 1 is 0.444 bits per heavy atom. The second-order valence-corrected chi connectivity index (χ2v) is 10.7. The minimum Gasteiger partial charge on any atom is -0.455 e. The first-order valence-corrected chi connectivity index (χ1v) is 14.7. The molecule has 0 amide bonds. The molecular weight excluding hydrogens is 552 g/mol. The molecule has 0 atom stereocenters. The Balaban J connectivity index is 1.31. The Morgan fingerprint density at radius 3 is 1.62 bits per heavy atom. The van der Waals surface area contributed by atoms with Gasteiger partial charge in [-0.1, -0.05) is 127 Å². The van der Waals surface area contributed by atoms with Gasteiger partial charge in [-0.2, -0.15) is 5.26 Å². The van der Waals surface area contributed by atoms with Crippen LogP contribution in [-0.2, 0) is 0 Å². The number of aromatic nitrogens is 3. The summed E-state index contributed by atoms with van der Waals surface area (Å²) in [6, 6.07) is 50.4. The summed E-state index contributed by atoms with van der Waals surface area (Å²) in [5, 5.41) is 12.0. The topological polar surface area (TPSA) is 75.6 Å². The van der Waals surface area contributed by atoms with Gasteiger partial charge in [0.25, 0.3) is 0 Å². The normalized spacial score (nSPS) is 11.1. The monoisotopic (exact) mass is 576 g/mol. The van der Waals surface area contributed by atoms with Gasteiger partial charge in [0, 0.05) is 38.6 Å². The highest BCUT2D eigenvalue weighted by molar-refractivity contribution is 6.13. The predicted octanol–water partition coefficient (Wildman–Crippen LogP) is 9.98. The lowest BCUT2D eigenvalue weighted by Crippen LogP contribution is -2.00. The molecule has 0 bridgehead atoms. The fourth-order valence-corrected chi connectivity index (χ4v) is 5.84. The van der Waals surface area contributed by atoms with Crippen LogP contribution in [0.4, 0.5) is 0 Å². The summed E-state index contributed by atoms with van der Waals surface area (Å²) in [6.07, 6.45) is 0. The molecule has 0 aliphatic carbocycles. The molecule has 0 aliphatic rings. The number of hydrogen-bond donors (Lipinski definition) is 0. The molecule has 210 valence electrons. The molecule has 0 saturated heterocycles. The number of rotatable bonds is 5. The number of hydrogen-bond acceptors (Lipinski definition) is 5. The van der Waals surface area contributed by atoms with E-state index in [1.165, 1.54) is 0 Å². The fraction of sp³-hybridized carbons (Fsp3) is 0. The maximum atomic E-state index is 9.95. The van der Waals surface area contributed by atoms with Crippen molar-refractivity contribution in [2.75, 3.05) is 0 Å². The lowest BCUT2D eigenvalue weighted by atomic mass is 9.90. The van der Waals surface area contributed by atoms with Crippen LogP contribution >= 0.6 is 0 Å². The summed E-state index contributed by atoms with van der Waals surface area (Å²) in [4.78, 5) is 14.6. The number of nitriles is 1. The van der Waals surface area contributed by atoms with Crippen LogP contribution in [0.15, 0.2) is 150 Å². The zero-order valence-corrected chi connectivity index (χ0v) is 24.1. The van der Waals surface area contributed by atoms with Crippen LogP contribution in [-0.4, -0.2) is 15.0 Å². The van der Waals surface area contributed by atoms with E-state index in [1.807, 2.05) is 115 Å².